The Balaban J connectivity index is 2.42. The maximum absolute atomic E-state index is 12.8. The summed E-state index contributed by atoms with van der Waals surface area (Å²) in [5.74, 6) is -0.971. The number of nitriles is 1. The summed E-state index contributed by atoms with van der Waals surface area (Å²) >= 11 is 0. The molecule has 0 bridgehead atoms. The smallest absolute Gasteiger partial charge is 0.244 e. The molecule has 1 aromatic rings. The highest BCUT2D eigenvalue weighted by molar-refractivity contribution is 7.89. The molecule has 2 N–H and O–H groups in total. The number of nitrogens with two attached hydrogens (primary N) is 1. The van der Waals surface area contributed by atoms with E-state index in [2.05, 4.69) is 0 Å². The van der Waals surface area contributed by atoms with E-state index in [1.54, 1.807) is 19.1 Å². The Labute approximate surface area is 124 Å². The van der Waals surface area contributed by atoms with Crippen molar-refractivity contribution >= 4 is 15.9 Å². The molecule has 1 aromatic carbocycles. The Hall–Kier alpha value is -1.91. The number of hydrogen-bond acceptors (Lipinski definition) is 4. The zero-order chi connectivity index (χ0) is 15.6. The molecule has 1 aliphatic rings. The standard InChI is InChI=1S/C14H17N3O3S/c1-10-6-7-12(14(16)18)9-17(10)21(19,20)13-5-3-2-4-11(13)8-15/h2-5,10,12H,6-7,9H2,1H3,(H2,16,18). The van der Waals surface area contributed by atoms with Gasteiger partial charge in [-0.25, -0.2) is 8.42 Å². The summed E-state index contributed by atoms with van der Waals surface area (Å²) in [7, 11) is -3.82. The molecule has 0 aromatic heterocycles. The molecule has 0 saturated carbocycles. The second-order valence-electron chi connectivity index (χ2n) is 5.21. The van der Waals surface area contributed by atoms with Crippen molar-refractivity contribution in [2.45, 2.75) is 30.7 Å². The maximum atomic E-state index is 12.8. The molecule has 21 heavy (non-hydrogen) atoms. The molecule has 1 heterocycles. The third kappa shape index (κ3) is 2.91. The van der Waals surface area contributed by atoms with Gasteiger partial charge in [-0.1, -0.05) is 12.1 Å². The van der Waals surface area contributed by atoms with Gasteiger partial charge in [0.15, 0.2) is 0 Å². The molecule has 1 aliphatic heterocycles. The third-order valence-corrected chi connectivity index (χ3v) is 5.86. The number of piperidine rings is 1. The van der Waals surface area contributed by atoms with Crippen LogP contribution >= 0.6 is 0 Å². The summed E-state index contributed by atoms with van der Waals surface area (Å²) in [5, 5.41) is 9.08. The monoisotopic (exact) mass is 307 g/mol. The largest absolute Gasteiger partial charge is 0.369 e. The Kier molecular flexibility index (Phi) is 4.30. The van der Waals surface area contributed by atoms with Crippen LogP contribution in [0.25, 0.3) is 0 Å². The van der Waals surface area contributed by atoms with Gasteiger partial charge < -0.3 is 5.73 Å². The van der Waals surface area contributed by atoms with Gasteiger partial charge in [-0.3, -0.25) is 4.79 Å². The first kappa shape index (κ1) is 15.5. The summed E-state index contributed by atoms with van der Waals surface area (Å²) in [6, 6.07) is 7.74. The maximum Gasteiger partial charge on any atom is 0.244 e. The number of benzene rings is 1. The van der Waals surface area contributed by atoms with Gasteiger partial charge in [-0.15, -0.1) is 0 Å². The molecule has 2 atom stereocenters. The second kappa shape index (κ2) is 5.84. The van der Waals surface area contributed by atoms with Crippen molar-refractivity contribution in [3.8, 4) is 6.07 Å². The summed E-state index contributed by atoms with van der Waals surface area (Å²) in [6.45, 7) is 1.86. The van der Waals surface area contributed by atoms with Crippen molar-refractivity contribution in [3.05, 3.63) is 29.8 Å². The SMILES string of the molecule is CC1CCC(C(N)=O)CN1S(=O)(=O)c1ccccc1C#N. The predicted molar refractivity (Wildman–Crippen MR) is 76.4 cm³/mol. The number of rotatable bonds is 3. The highest BCUT2D eigenvalue weighted by atomic mass is 32.2. The van der Waals surface area contributed by atoms with Crippen LogP contribution < -0.4 is 5.73 Å². The van der Waals surface area contributed by atoms with Gasteiger partial charge >= 0.3 is 0 Å². The normalized spacial score (nSPS) is 23.4. The fraction of sp³-hybridized carbons (Fsp3) is 0.429. The topological polar surface area (TPSA) is 104 Å². The Morgan fingerprint density at radius 1 is 1.38 bits per heavy atom. The molecule has 6 nitrogen and oxygen atoms in total. The van der Waals surface area contributed by atoms with Gasteiger partial charge in [-0.05, 0) is 31.9 Å². The van der Waals surface area contributed by atoms with Crippen molar-refractivity contribution in [1.82, 2.24) is 4.31 Å². The number of carbonyl (C=O) groups is 1. The van der Waals surface area contributed by atoms with Crippen molar-refractivity contribution in [2.24, 2.45) is 11.7 Å². The molecular weight excluding hydrogens is 290 g/mol. The lowest BCUT2D eigenvalue weighted by Crippen LogP contribution is -2.48. The lowest BCUT2D eigenvalue weighted by molar-refractivity contribution is -0.123. The fourth-order valence-electron chi connectivity index (χ4n) is 2.55. The second-order valence-corrected chi connectivity index (χ2v) is 7.07. The minimum absolute atomic E-state index is 0.0236. The van der Waals surface area contributed by atoms with E-state index in [-0.39, 0.29) is 23.0 Å². The van der Waals surface area contributed by atoms with Crippen LogP contribution in [0.1, 0.15) is 25.3 Å². The van der Waals surface area contributed by atoms with Gasteiger partial charge in [-0.2, -0.15) is 9.57 Å². The summed E-state index contributed by atoms with van der Waals surface area (Å²) in [6.07, 6.45) is 1.16. The summed E-state index contributed by atoms with van der Waals surface area (Å²) < 4.78 is 26.8. The molecule has 112 valence electrons. The number of sulfonamides is 1. The lowest BCUT2D eigenvalue weighted by Gasteiger charge is -2.35. The number of carbonyl (C=O) groups excluding carboxylic acids is 1. The summed E-state index contributed by atoms with van der Waals surface area (Å²) in [4.78, 5) is 11.3. The van der Waals surface area contributed by atoms with Crippen LogP contribution in [0.5, 0.6) is 0 Å². The van der Waals surface area contributed by atoms with Crippen molar-refractivity contribution in [1.29, 1.82) is 5.26 Å². The van der Waals surface area contributed by atoms with E-state index < -0.39 is 21.8 Å². The van der Waals surface area contributed by atoms with Crippen molar-refractivity contribution in [3.63, 3.8) is 0 Å². The molecular formula is C14H17N3O3S. The van der Waals surface area contributed by atoms with Gasteiger partial charge in [0.1, 0.15) is 6.07 Å². The highest BCUT2D eigenvalue weighted by Crippen LogP contribution is 2.29. The molecule has 1 saturated heterocycles. The molecule has 0 aliphatic carbocycles. The summed E-state index contributed by atoms with van der Waals surface area (Å²) in [5.41, 5.74) is 5.40. The van der Waals surface area contributed by atoms with Crippen LogP contribution in [-0.4, -0.2) is 31.2 Å². The van der Waals surface area contributed by atoms with E-state index in [1.165, 1.54) is 16.4 Å². The highest BCUT2D eigenvalue weighted by Gasteiger charge is 2.37. The Morgan fingerprint density at radius 3 is 2.67 bits per heavy atom. The first-order valence-corrected chi connectivity index (χ1v) is 8.12. The van der Waals surface area contributed by atoms with E-state index in [1.807, 2.05) is 6.07 Å². The Morgan fingerprint density at radius 2 is 2.05 bits per heavy atom. The molecule has 7 heteroatoms. The van der Waals surface area contributed by atoms with Gasteiger partial charge in [0.25, 0.3) is 0 Å². The number of amides is 1. The molecule has 2 unspecified atom stereocenters. The van der Waals surface area contributed by atoms with E-state index in [4.69, 9.17) is 11.0 Å². The number of nitrogens with zero attached hydrogens (tertiary/aromatic N) is 2. The van der Waals surface area contributed by atoms with Crippen LogP contribution in [0.15, 0.2) is 29.2 Å². The van der Waals surface area contributed by atoms with Crippen LogP contribution in [0.4, 0.5) is 0 Å². The third-order valence-electron chi connectivity index (χ3n) is 3.82. The van der Waals surface area contributed by atoms with Crippen molar-refractivity contribution < 1.29 is 13.2 Å². The first-order valence-electron chi connectivity index (χ1n) is 6.68. The quantitative estimate of drug-likeness (QED) is 0.893. The van der Waals surface area contributed by atoms with Gasteiger partial charge in [0.05, 0.1) is 16.4 Å². The Bertz CT molecular complexity index is 694. The zero-order valence-corrected chi connectivity index (χ0v) is 12.5. The van der Waals surface area contributed by atoms with E-state index in [9.17, 15) is 13.2 Å². The molecule has 0 radical (unpaired) electrons. The number of hydrogen-bond donors (Lipinski definition) is 1. The molecule has 2 rings (SSSR count). The minimum Gasteiger partial charge on any atom is -0.369 e. The number of primary amides is 1. The van der Waals surface area contributed by atoms with Crippen molar-refractivity contribution in [2.75, 3.05) is 6.54 Å². The van der Waals surface area contributed by atoms with E-state index in [0.717, 1.165) is 0 Å². The van der Waals surface area contributed by atoms with Gasteiger partial charge in [0, 0.05) is 12.6 Å². The fourth-order valence-corrected chi connectivity index (χ4v) is 4.40. The first-order chi connectivity index (χ1) is 9.87. The van der Waals surface area contributed by atoms with Crippen LogP contribution in [0.3, 0.4) is 0 Å². The minimum atomic E-state index is -3.82. The average molecular weight is 307 g/mol. The molecule has 0 spiro atoms. The lowest BCUT2D eigenvalue weighted by atomic mass is 9.95. The van der Waals surface area contributed by atoms with E-state index in [0.29, 0.717) is 12.8 Å². The van der Waals surface area contributed by atoms with E-state index >= 15 is 0 Å². The van der Waals surface area contributed by atoms with Crippen LogP contribution in [0, 0.1) is 17.2 Å². The molecule has 1 amide bonds. The zero-order valence-electron chi connectivity index (χ0n) is 11.7. The van der Waals surface area contributed by atoms with Gasteiger partial charge in [0.2, 0.25) is 15.9 Å². The van der Waals surface area contributed by atoms with Crippen LogP contribution in [-0.2, 0) is 14.8 Å². The van der Waals surface area contributed by atoms with Crippen LogP contribution in [0.2, 0.25) is 0 Å². The average Bonchev–Trinajstić information content (AvgIpc) is 2.47. The molecule has 1 fully saturated rings. The predicted octanol–water partition coefficient (Wildman–Crippen LogP) is 0.833.